The van der Waals surface area contributed by atoms with E-state index in [9.17, 15) is 13.2 Å². The lowest BCUT2D eigenvalue weighted by molar-refractivity contribution is 0.102. The zero-order chi connectivity index (χ0) is 18.2. The molecule has 0 radical (unpaired) electrons. The van der Waals surface area contributed by atoms with E-state index in [2.05, 4.69) is 5.32 Å². The van der Waals surface area contributed by atoms with Crippen molar-refractivity contribution in [2.24, 2.45) is 0 Å². The highest BCUT2D eigenvalue weighted by molar-refractivity contribution is 7.92. The second-order valence-electron chi connectivity index (χ2n) is 5.93. The maximum Gasteiger partial charge on any atom is 0.255 e. The molecule has 2 aromatic rings. The number of sulfonamides is 1. The number of nitrogens with zero attached hydrogens (tertiary/aromatic N) is 1. The molecule has 1 N–H and O–H groups in total. The smallest absolute Gasteiger partial charge is 0.255 e. The molecule has 5 nitrogen and oxygen atoms in total. The number of benzene rings is 2. The number of hydrogen-bond donors (Lipinski definition) is 1. The fourth-order valence-electron chi connectivity index (χ4n) is 2.89. The summed E-state index contributed by atoms with van der Waals surface area (Å²) in [6.07, 6.45) is 0.603. The van der Waals surface area contributed by atoms with Crippen LogP contribution in [0.25, 0.3) is 0 Å². The van der Waals surface area contributed by atoms with Crippen molar-refractivity contribution in [3.8, 4) is 0 Å². The number of amides is 1. The molecule has 0 saturated heterocycles. The van der Waals surface area contributed by atoms with Crippen LogP contribution in [0.4, 0.5) is 11.4 Å². The van der Waals surface area contributed by atoms with Crippen LogP contribution < -0.4 is 9.62 Å². The summed E-state index contributed by atoms with van der Waals surface area (Å²) >= 11 is 6.08. The molecule has 1 aliphatic heterocycles. The molecule has 2 aromatic carbocycles. The van der Waals surface area contributed by atoms with Gasteiger partial charge in [-0.3, -0.25) is 9.10 Å². The van der Waals surface area contributed by atoms with Crippen molar-refractivity contribution in [2.75, 3.05) is 21.9 Å². The van der Waals surface area contributed by atoms with E-state index in [4.69, 9.17) is 11.6 Å². The summed E-state index contributed by atoms with van der Waals surface area (Å²) in [4.78, 5) is 12.5. The predicted molar refractivity (Wildman–Crippen MR) is 101 cm³/mol. The van der Waals surface area contributed by atoms with Crippen LogP contribution in [0.15, 0.2) is 36.4 Å². The maximum atomic E-state index is 12.5. The SMILES string of the molecule is CCS(=O)(=O)N1CCc2cc(C(=O)Nc3cccc(Cl)c3C)ccc21. The summed E-state index contributed by atoms with van der Waals surface area (Å²) in [5.41, 5.74) is 3.49. The van der Waals surface area contributed by atoms with Crippen molar-refractivity contribution in [1.82, 2.24) is 0 Å². The molecule has 0 unspecified atom stereocenters. The fraction of sp³-hybridized carbons (Fsp3) is 0.278. The molecule has 0 fully saturated rings. The molecule has 0 saturated carbocycles. The summed E-state index contributed by atoms with van der Waals surface area (Å²) in [5, 5.41) is 3.45. The summed E-state index contributed by atoms with van der Waals surface area (Å²) in [6, 6.07) is 10.5. The van der Waals surface area contributed by atoms with Crippen molar-refractivity contribution in [1.29, 1.82) is 0 Å². The topological polar surface area (TPSA) is 66.5 Å². The van der Waals surface area contributed by atoms with E-state index in [0.29, 0.717) is 34.9 Å². The third-order valence-corrected chi connectivity index (χ3v) is 6.60. The van der Waals surface area contributed by atoms with Gasteiger partial charge in [0.1, 0.15) is 0 Å². The molecule has 25 heavy (non-hydrogen) atoms. The van der Waals surface area contributed by atoms with Crippen molar-refractivity contribution < 1.29 is 13.2 Å². The van der Waals surface area contributed by atoms with Gasteiger partial charge in [-0.05, 0) is 61.7 Å². The molecular weight excluding hydrogens is 360 g/mol. The van der Waals surface area contributed by atoms with E-state index >= 15 is 0 Å². The molecule has 132 valence electrons. The minimum absolute atomic E-state index is 0.0583. The Kier molecular flexibility index (Phi) is 4.75. The molecule has 7 heteroatoms. The quantitative estimate of drug-likeness (QED) is 0.883. The third-order valence-electron chi connectivity index (χ3n) is 4.41. The van der Waals surface area contributed by atoms with Gasteiger partial charge in [0.25, 0.3) is 5.91 Å². The number of halogens is 1. The van der Waals surface area contributed by atoms with E-state index < -0.39 is 10.0 Å². The van der Waals surface area contributed by atoms with Crippen LogP contribution in [0.3, 0.4) is 0 Å². The van der Waals surface area contributed by atoms with Crippen LogP contribution in [-0.2, 0) is 16.4 Å². The lowest BCUT2D eigenvalue weighted by Crippen LogP contribution is -2.30. The molecular formula is C18H19ClN2O3S. The van der Waals surface area contributed by atoms with Gasteiger partial charge >= 0.3 is 0 Å². The Morgan fingerprint density at radius 2 is 2.04 bits per heavy atom. The zero-order valence-electron chi connectivity index (χ0n) is 14.0. The first-order chi connectivity index (χ1) is 11.8. The van der Waals surface area contributed by atoms with Crippen molar-refractivity contribution >= 4 is 38.9 Å². The van der Waals surface area contributed by atoms with Gasteiger partial charge in [0.15, 0.2) is 0 Å². The molecule has 0 atom stereocenters. The van der Waals surface area contributed by atoms with Crippen LogP contribution in [0.1, 0.15) is 28.4 Å². The summed E-state index contributed by atoms with van der Waals surface area (Å²) in [7, 11) is -3.29. The first-order valence-corrected chi connectivity index (χ1v) is 10.0. The standard InChI is InChI=1S/C18H19ClN2O3S/c1-3-25(23,24)21-10-9-13-11-14(7-8-17(13)21)18(22)20-16-6-4-5-15(19)12(16)2/h4-8,11H,3,9-10H2,1-2H3,(H,20,22). The fourth-order valence-corrected chi connectivity index (χ4v) is 4.23. The monoisotopic (exact) mass is 378 g/mol. The Bertz CT molecular complexity index is 941. The van der Waals surface area contributed by atoms with Gasteiger partial charge in [-0.2, -0.15) is 0 Å². The lowest BCUT2D eigenvalue weighted by Gasteiger charge is -2.18. The summed E-state index contributed by atoms with van der Waals surface area (Å²) in [5.74, 6) is -0.187. The summed E-state index contributed by atoms with van der Waals surface area (Å²) in [6.45, 7) is 3.89. The number of nitrogens with one attached hydrogen (secondary N) is 1. The van der Waals surface area contributed by atoms with Gasteiger partial charge in [-0.1, -0.05) is 17.7 Å². The minimum atomic E-state index is -3.29. The van der Waals surface area contributed by atoms with Crippen molar-refractivity contribution in [3.05, 3.63) is 58.1 Å². The molecule has 0 aromatic heterocycles. The van der Waals surface area contributed by atoms with Gasteiger partial charge < -0.3 is 5.32 Å². The van der Waals surface area contributed by atoms with E-state index in [1.165, 1.54) is 4.31 Å². The van der Waals surface area contributed by atoms with Gasteiger partial charge in [-0.25, -0.2) is 8.42 Å². The molecule has 0 spiro atoms. The molecule has 1 heterocycles. The Labute approximate surface area is 152 Å². The van der Waals surface area contributed by atoms with Crippen LogP contribution in [0.5, 0.6) is 0 Å². The van der Waals surface area contributed by atoms with Crippen molar-refractivity contribution in [3.63, 3.8) is 0 Å². The average molecular weight is 379 g/mol. The van der Waals surface area contributed by atoms with Crippen LogP contribution in [0, 0.1) is 6.92 Å². The molecule has 3 rings (SSSR count). The normalized spacial score (nSPS) is 13.6. The molecule has 1 aliphatic rings. The molecule has 0 aliphatic carbocycles. The van der Waals surface area contributed by atoms with E-state index in [1.807, 2.05) is 6.92 Å². The number of rotatable bonds is 4. The van der Waals surface area contributed by atoms with Crippen LogP contribution in [-0.4, -0.2) is 26.6 Å². The maximum absolute atomic E-state index is 12.5. The number of fused-ring (bicyclic) bond motifs is 1. The number of hydrogen-bond acceptors (Lipinski definition) is 3. The van der Waals surface area contributed by atoms with Gasteiger partial charge in [-0.15, -0.1) is 0 Å². The third kappa shape index (κ3) is 3.37. The Morgan fingerprint density at radius 1 is 1.28 bits per heavy atom. The van der Waals surface area contributed by atoms with Gasteiger partial charge in [0.2, 0.25) is 10.0 Å². The zero-order valence-corrected chi connectivity index (χ0v) is 15.6. The number of carbonyl (C=O) groups is 1. The second-order valence-corrected chi connectivity index (χ2v) is 8.52. The first kappa shape index (κ1) is 17.8. The lowest BCUT2D eigenvalue weighted by atomic mass is 10.1. The van der Waals surface area contributed by atoms with Crippen LogP contribution >= 0.6 is 11.6 Å². The van der Waals surface area contributed by atoms with E-state index in [1.54, 1.807) is 43.3 Å². The van der Waals surface area contributed by atoms with Gasteiger partial charge in [0, 0.05) is 22.8 Å². The average Bonchev–Trinajstić information content (AvgIpc) is 3.03. The van der Waals surface area contributed by atoms with Crippen molar-refractivity contribution in [2.45, 2.75) is 20.3 Å². The highest BCUT2D eigenvalue weighted by atomic mass is 35.5. The Hall–Kier alpha value is -2.05. The molecule has 1 amide bonds. The predicted octanol–water partition coefficient (Wildman–Crippen LogP) is 3.61. The highest BCUT2D eigenvalue weighted by Crippen LogP contribution is 2.31. The number of carbonyl (C=O) groups excluding carboxylic acids is 1. The Morgan fingerprint density at radius 3 is 2.76 bits per heavy atom. The summed E-state index contributed by atoms with van der Waals surface area (Å²) < 4.78 is 25.7. The first-order valence-electron chi connectivity index (χ1n) is 8.03. The van der Waals surface area contributed by atoms with E-state index in [0.717, 1.165) is 11.1 Å². The Balaban J connectivity index is 1.86. The van der Waals surface area contributed by atoms with E-state index in [-0.39, 0.29) is 11.7 Å². The minimum Gasteiger partial charge on any atom is -0.322 e. The van der Waals surface area contributed by atoms with Gasteiger partial charge in [0.05, 0.1) is 11.4 Å². The number of anilines is 2. The highest BCUT2D eigenvalue weighted by Gasteiger charge is 2.28. The largest absolute Gasteiger partial charge is 0.322 e. The molecule has 0 bridgehead atoms. The van der Waals surface area contributed by atoms with Crippen LogP contribution in [0.2, 0.25) is 5.02 Å². The second kappa shape index (κ2) is 6.69.